The molecule has 2 aromatic carbocycles. The highest BCUT2D eigenvalue weighted by Crippen LogP contribution is 2.19. The molecule has 0 saturated carbocycles. The van der Waals surface area contributed by atoms with Gasteiger partial charge in [-0.2, -0.15) is 5.10 Å². The maximum absolute atomic E-state index is 12.1. The number of hydrogen-bond donors (Lipinski definition) is 2. The van der Waals surface area contributed by atoms with Crippen LogP contribution < -0.4 is 10.6 Å². The van der Waals surface area contributed by atoms with Gasteiger partial charge in [0.1, 0.15) is 6.61 Å². The fourth-order valence-corrected chi connectivity index (χ4v) is 3.27. The minimum absolute atomic E-state index is 0.00832. The van der Waals surface area contributed by atoms with E-state index < -0.39 is 0 Å². The zero-order valence-electron chi connectivity index (χ0n) is 18.9. The molecule has 33 heavy (non-hydrogen) atoms. The first kappa shape index (κ1) is 22.2. The summed E-state index contributed by atoms with van der Waals surface area (Å²) < 4.78 is 7.26. The van der Waals surface area contributed by atoms with E-state index in [1.165, 1.54) is 0 Å². The first-order valence-electron chi connectivity index (χ1n) is 10.6. The monoisotopic (exact) mass is 442 g/mol. The van der Waals surface area contributed by atoms with Gasteiger partial charge in [-0.1, -0.05) is 30.3 Å². The molecule has 0 unspecified atom stereocenters. The van der Waals surface area contributed by atoms with Crippen LogP contribution in [0.3, 0.4) is 0 Å². The number of carbonyl (C=O) groups is 1. The molecule has 0 atom stereocenters. The SMILES string of the molecule is Cc1nn(-c2ccc(Nc3ccc(NC(=O)COCc4ccccc4)cc3)nn2)c(C)c1C. The number of anilines is 3. The molecule has 0 aliphatic heterocycles. The number of aryl methyl sites for hydroxylation is 1. The Morgan fingerprint density at radius 2 is 1.64 bits per heavy atom. The number of aromatic nitrogens is 4. The van der Waals surface area contributed by atoms with Crippen LogP contribution in [0.25, 0.3) is 5.82 Å². The number of ether oxygens (including phenoxy) is 1. The molecule has 0 saturated heterocycles. The smallest absolute Gasteiger partial charge is 0.250 e. The number of benzene rings is 2. The number of hydrogen-bond acceptors (Lipinski definition) is 6. The number of nitrogens with one attached hydrogen (secondary N) is 2. The number of rotatable bonds is 8. The molecule has 8 heteroatoms. The van der Waals surface area contributed by atoms with Crippen molar-refractivity contribution in [2.45, 2.75) is 27.4 Å². The highest BCUT2D eigenvalue weighted by Gasteiger charge is 2.10. The predicted octanol–water partition coefficient (Wildman–Crippen LogP) is 4.49. The summed E-state index contributed by atoms with van der Waals surface area (Å²) in [6, 6.07) is 20.8. The summed E-state index contributed by atoms with van der Waals surface area (Å²) in [6.07, 6.45) is 0. The van der Waals surface area contributed by atoms with E-state index in [4.69, 9.17) is 4.74 Å². The van der Waals surface area contributed by atoms with E-state index in [1.807, 2.05) is 87.5 Å². The minimum atomic E-state index is -0.201. The molecule has 4 aromatic rings. The Hall–Kier alpha value is -4.04. The Kier molecular flexibility index (Phi) is 6.75. The van der Waals surface area contributed by atoms with Gasteiger partial charge in [0.05, 0.1) is 12.3 Å². The third-order valence-electron chi connectivity index (χ3n) is 5.31. The summed E-state index contributed by atoms with van der Waals surface area (Å²) in [4.78, 5) is 12.1. The molecule has 4 rings (SSSR count). The van der Waals surface area contributed by atoms with Gasteiger partial charge < -0.3 is 15.4 Å². The van der Waals surface area contributed by atoms with Gasteiger partial charge in [0.25, 0.3) is 0 Å². The van der Waals surface area contributed by atoms with E-state index in [-0.39, 0.29) is 12.5 Å². The quantitative estimate of drug-likeness (QED) is 0.418. The van der Waals surface area contributed by atoms with Crippen molar-refractivity contribution in [2.24, 2.45) is 0 Å². The van der Waals surface area contributed by atoms with Crippen molar-refractivity contribution >= 4 is 23.1 Å². The molecule has 0 fully saturated rings. The van der Waals surface area contributed by atoms with E-state index in [9.17, 15) is 4.79 Å². The highest BCUT2D eigenvalue weighted by atomic mass is 16.5. The van der Waals surface area contributed by atoms with Crippen LogP contribution in [-0.4, -0.2) is 32.5 Å². The molecule has 1 amide bonds. The second-order valence-corrected chi connectivity index (χ2v) is 7.71. The first-order chi connectivity index (χ1) is 16.0. The third-order valence-corrected chi connectivity index (χ3v) is 5.31. The van der Waals surface area contributed by atoms with E-state index in [1.54, 1.807) is 4.68 Å². The van der Waals surface area contributed by atoms with Gasteiger partial charge in [0.2, 0.25) is 5.91 Å². The molecule has 0 spiro atoms. The lowest BCUT2D eigenvalue weighted by Crippen LogP contribution is -2.18. The molecular weight excluding hydrogens is 416 g/mol. The maximum atomic E-state index is 12.1. The molecule has 0 bridgehead atoms. The Bertz CT molecular complexity index is 1220. The van der Waals surface area contributed by atoms with Crippen LogP contribution in [0.15, 0.2) is 66.7 Å². The van der Waals surface area contributed by atoms with Crippen molar-refractivity contribution in [1.82, 2.24) is 20.0 Å². The largest absolute Gasteiger partial charge is 0.367 e. The Morgan fingerprint density at radius 1 is 0.909 bits per heavy atom. The second-order valence-electron chi connectivity index (χ2n) is 7.71. The van der Waals surface area contributed by atoms with Crippen LogP contribution >= 0.6 is 0 Å². The fourth-order valence-electron chi connectivity index (χ4n) is 3.27. The van der Waals surface area contributed by atoms with Crippen LogP contribution in [-0.2, 0) is 16.1 Å². The van der Waals surface area contributed by atoms with Crippen molar-refractivity contribution in [3.05, 3.63) is 89.2 Å². The Balaban J connectivity index is 1.29. The third kappa shape index (κ3) is 5.61. The van der Waals surface area contributed by atoms with Gasteiger partial charge in [-0.15, -0.1) is 10.2 Å². The average Bonchev–Trinajstić information content (AvgIpc) is 3.09. The van der Waals surface area contributed by atoms with Gasteiger partial charge in [-0.05, 0) is 68.3 Å². The maximum Gasteiger partial charge on any atom is 0.250 e. The molecule has 0 aliphatic rings. The highest BCUT2D eigenvalue weighted by molar-refractivity contribution is 5.91. The van der Waals surface area contributed by atoms with Crippen molar-refractivity contribution in [1.29, 1.82) is 0 Å². The van der Waals surface area contributed by atoms with Gasteiger partial charge in [0, 0.05) is 17.1 Å². The number of nitrogens with zero attached hydrogens (tertiary/aromatic N) is 4. The van der Waals surface area contributed by atoms with Crippen molar-refractivity contribution in [3.63, 3.8) is 0 Å². The average molecular weight is 443 g/mol. The molecular formula is C25H26N6O2. The summed E-state index contributed by atoms with van der Waals surface area (Å²) in [7, 11) is 0. The van der Waals surface area contributed by atoms with E-state index in [0.29, 0.717) is 23.9 Å². The lowest BCUT2D eigenvalue weighted by atomic mass is 10.2. The molecule has 8 nitrogen and oxygen atoms in total. The lowest BCUT2D eigenvalue weighted by Gasteiger charge is -2.09. The zero-order chi connectivity index (χ0) is 23.2. The van der Waals surface area contributed by atoms with Crippen LogP contribution in [0.1, 0.15) is 22.5 Å². The van der Waals surface area contributed by atoms with Gasteiger partial charge in [-0.25, -0.2) is 4.68 Å². The van der Waals surface area contributed by atoms with E-state index >= 15 is 0 Å². The summed E-state index contributed by atoms with van der Waals surface area (Å²) in [5, 5.41) is 19.1. The molecule has 0 radical (unpaired) electrons. The Morgan fingerprint density at radius 3 is 2.27 bits per heavy atom. The van der Waals surface area contributed by atoms with Crippen LogP contribution in [0.2, 0.25) is 0 Å². The van der Waals surface area contributed by atoms with Crippen LogP contribution in [0, 0.1) is 20.8 Å². The molecule has 168 valence electrons. The van der Waals surface area contributed by atoms with Crippen molar-refractivity contribution in [2.75, 3.05) is 17.2 Å². The standard InChI is InChI=1S/C25H26N6O2/c1-17-18(2)30-31(19(17)3)24-14-13-23(28-29-24)26-21-9-11-22(12-10-21)27-25(32)16-33-15-20-7-5-4-6-8-20/h4-14H,15-16H2,1-3H3,(H,26,28)(H,27,32). The predicted molar refractivity (Wildman–Crippen MR) is 128 cm³/mol. The van der Waals surface area contributed by atoms with Crippen LogP contribution in [0.5, 0.6) is 0 Å². The molecule has 2 heterocycles. The van der Waals surface area contributed by atoms with E-state index in [0.717, 1.165) is 28.2 Å². The summed E-state index contributed by atoms with van der Waals surface area (Å²) in [6.45, 7) is 6.42. The molecule has 0 aliphatic carbocycles. The number of amides is 1. The van der Waals surface area contributed by atoms with Gasteiger partial charge in [-0.3, -0.25) is 4.79 Å². The summed E-state index contributed by atoms with van der Waals surface area (Å²) >= 11 is 0. The topological polar surface area (TPSA) is 94.0 Å². The zero-order valence-corrected chi connectivity index (χ0v) is 18.9. The van der Waals surface area contributed by atoms with Crippen molar-refractivity contribution in [3.8, 4) is 5.82 Å². The van der Waals surface area contributed by atoms with Crippen LogP contribution in [0.4, 0.5) is 17.2 Å². The van der Waals surface area contributed by atoms with Gasteiger partial charge in [0.15, 0.2) is 11.6 Å². The lowest BCUT2D eigenvalue weighted by molar-refractivity contribution is -0.121. The normalized spacial score (nSPS) is 10.8. The summed E-state index contributed by atoms with van der Waals surface area (Å²) in [5.41, 5.74) is 5.72. The molecule has 2 N–H and O–H groups in total. The second kappa shape index (κ2) is 10.1. The fraction of sp³-hybridized carbons (Fsp3) is 0.200. The van der Waals surface area contributed by atoms with E-state index in [2.05, 4.69) is 25.9 Å². The Labute approximate surface area is 192 Å². The summed E-state index contributed by atoms with van der Waals surface area (Å²) in [5.74, 6) is 1.08. The number of carbonyl (C=O) groups excluding carboxylic acids is 1. The van der Waals surface area contributed by atoms with Crippen molar-refractivity contribution < 1.29 is 9.53 Å². The molecule has 2 aromatic heterocycles. The first-order valence-corrected chi connectivity index (χ1v) is 10.6. The van der Waals surface area contributed by atoms with Gasteiger partial charge >= 0.3 is 0 Å². The minimum Gasteiger partial charge on any atom is -0.367 e.